The molecule has 0 radical (unpaired) electrons. The van der Waals surface area contributed by atoms with Crippen LogP contribution >= 0.6 is 0 Å². The van der Waals surface area contributed by atoms with Crippen molar-refractivity contribution in [1.29, 1.82) is 0 Å². The van der Waals surface area contributed by atoms with Crippen LogP contribution in [0.2, 0.25) is 0 Å². The minimum atomic E-state index is -0.133. The first-order chi connectivity index (χ1) is 8.63. The normalized spacial score (nSPS) is 11.2. The van der Waals surface area contributed by atoms with Gasteiger partial charge in [-0.25, -0.2) is 4.39 Å². The monoisotopic (exact) mass is 254 g/mol. The molecule has 0 aliphatic carbocycles. The van der Waals surface area contributed by atoms with Crippen LogP contribution in [0.4, 0.5) is 4.39 Å². The van der Waals surface area contributed by atoms with Crippen molar-refractivity contribution in [1.82, 2.24) is 10.2 Å². The molecule has 0 heterocycles. The standard InChI is InChI=1S/C14H23FN2O/c1-12-4-5-13(10-14(12)15)11-16-6-7-17(2)8-9-18-3/h4-5,10,16H,6-9,11H2,1-3H3. The van der Waals surface area contributed by atoms with Crippen molar-refractivity contribution < 1.29 is 9.13 Å². The highest BCUT2D eigenvalue weighted by Gasteiger charge is 2.00. The molecule has 1 aromatic carbocycles. The molecule has 0 amide bonds. The molecule has 0 saturated carbocycles. The lowest BCUT2D eigenvalue weighted by molar-refractivity contribution is 0.161. The molecule has 0 aliphatic rings. The zero-order valence-electron chi connectivity index (χ0n) is 11.5. The quantitative estimate of drug-likeness (QED) is 0.716. The molecular formula is C14H23FN2O. The zero-order chi connectivity index (χ0) is 13.4. The molecule has 0 aliphatic heterocycles. The number of halogens is 1. The van der Waals surface area contributed by atoms with Gasteiger partial charge in [-0.05, 0) is 31.2 Å². The van der Waals surface area contributed by atoms with E-state index in [2.05, 4.69) is 17.3 Å². The average molecular weight is 254 g/mol. The first-order valence-electron chi connectivity index (χ1n) is 6.26. The molecule has 0 saturated heterocycles. The summed E-state index contributed by atoms with van der Waals surface area (Å²) in [7, 11) is 3.77. The van der Waals surface area contributed by atoms with Crippen molar-refractivity contribution in [2.75, 3.05) is 40.4 Å². The molecule has 0 aromatic heterocycles. The topological polar surface area (TPSA) is 24.5 Å². The number of ether oxygens (including phenoxy) is 1. The number of methoxy groups -OCH3 is 1. The van der Waals surface area contributed by atoms with E-state index in [0.717, 1.165) is 31.8 Å². The summed E-state index contributed by atoms with van der Waals surface area (Å²) in [5.74, 6) is -0.133. The van der Waals surface area contributed by atoms with Gasteiger partial charge < -0.3 is 15.0 Å². The van der Waals surface area contributed by atoms with E-state index in [9.17, 15) is 4.39 Å². The highest BCUT2D eigenvalue weighted by atomic mass is 19.1. The lowest BCUT2D eigenvalue weighted by atomic mass is 10.1. The zero-order valence-corrected chi connectivity index (χ0v) is 11.5. The summed E-state index contributed by atoms with van der Waals surface area (Å²) in [6, 6.07) is 5.37. The lowest BCUT2D eigenvalue weighted by Crippen LogP contribution is -2.31. The van der Waals surface area contributed by atoms with E-state index < -0.39 is 0 Å². The second-order valence-corrected chi connectivity index (χ2v) is 4.56. The number of benzene rings is 1. The smallest absolute Gasteiger partial charge is 0.126 e. The van der Waals surface area contributed by atoms with Crippen molar-refractivity contribution >= 4 is 0 Å². The van der Waals surface area contributed by atoms with Crippen LogP contribution in [0.5, 0.6) is 0 Å². The van der Waals surface area contributed by atoms with Gasteiger partial charge in [0.15, 0.2) is 0 Å². The second-order valence-electron chi connectivity index (χ2n) is 4.56. The van der Waals surface area contributed by atoms with Gasteiger partial charge in [-0.3, -0.25) is 0 Å². The first kappa shape index (κ1) is 15.1. The van der Waals surface area contributed by atoms with Gasteiger partial charge in [0, 0.05) is 33.3 Å². The minimum absolute atomic E-state index is 0.133. The summed E-state index contributed by atoms with van der Waals surface area (Å²) < 4.78 is 18.3. The molecule has 1 rings (SSSR count). The summed E-state index contributed by atoms with van der Waals surface area (Å²) in [5.41, 5.74) is 1.68. The maximum atomic E-state index is 13.3. The van der Waals surface area contributed by atoms with Crippen molar-refractivity contribution in [2.24, 2.45) is 0 Å². The molecule has 0 fully saturated rings. The molecule has 0 unspecified atom stereocenters. The molecule has 1 N–H and O–H groups in total. The van der Waals surface area contributed by atoms with Crippen LogP contribution in [0, 0.1) is 12.7 Å². The first-order valence-corrected chi connectivity index (χ1v) is 6.26. The van der Waals surface area contributed by atoms with E-state index in [4.69, 9.17) is 4.74 Å². The number of rotatable bonds is 8. The summed E-state index contributed by atoms with van der Waals surface area (Å²) in [6.45, 7) is 6.00. The van der Waals surface area contributed by atoms with Crippen molar-refractivity contribution in [3.05, 3.63) is 35.1 Å². The minimum Gasteiger partial charge on any atom is -0.383 e. The summed E-state index contributed by atoms with van der Waals surface area (Å²) in [5, 5.41) is 3.31. The van der Waals surface area contributed by atoms with Crippen molar-refractivity contribution in [3.8, 4) is 0 Å². The van der Waals surface area contributed by atoms with Gasteiger partial charge in [0.2, 0.25) is 0 Å². The number of hydrogen-bond acceptors (Lipinski definition) is 3. The number of hydrogen-bond donors (Lipinski definition) is 1. The van der Waals surface area contributed by atoms with Gasteiger partial charge in [0.25, 0.3) is 0 Å². The molecule has 3 nitrogen and oxygen atoms in total. The number of likely N-dealkylation sites (N-methyl/N-ethyl adjacent to an activating group) is 1. The van der Waals surface area contributed by atoms with Gasteiger partial charge in [0.05, 0.1) is 6.61 Å². The van der Waals surface area contributed by atoms with Crippen LogP contribution in [0.15, 0.2) is 18.2 Å². The maximum Gasteiger partial charge on any atom is 0.126 e. The van der Waals surface area contributed by atoms with Gasteiger partial charge in [-0.2, -0.15) is 0 Å². The highest BCUT2D eigenvalue weighted by molar-refractivity contribution is 5.23. The van der Waals surface area contributed by atoms with Gasteiger partial charge in [0.1, 0.15) is 5.82 Å². The Balaban J connectivity index is 2.19. The van der Waals surface area contributed by atoms with E-state index in [0.29, 0.717) is 12.1 Å². The van der Waals surface area contributed by atoms with Crippen molar-refractivity contribution in [2.45, 2.75) is 13.5 Å². The number of aryl methyl sites for hydroxylation is 1. The van der Waals surface area contributed by atoms with E-state index in [1.165, 1.54) is 0 Å². The SMILES string of the molecule is COCCN(C)CCNCc1ccc(C)c(F)c1. The fourth-order valence-corrected chi connectivity index (χ4v) is 1.61. The molecule has 18 heavy (non-hydrogen) atoms. The molecule has 4 heteroatoms. The van der Waals surface area contributed by atoms with E-state index in [1.807, 2.05) is 12.1 Å². The van der Waals surface area contributed by atoms with Crippen LogP contribution in [0.25, 0.3) is 0 Å². The van der Waals surface area contributed by atoms with Crippen LogP contribution in [-0.4, -0.2) is 45.3 Å². The van der Waals surface area contributed by atoms with Crippen LogP contribution in [-0.2, 0) is 11.3 Å². The average Bonchev–Trinajstić information content (AvgIpc) is 2.36. The second kappa shape index (κ2) is 8.19. The Bertz CT molecular complexity index is 358. The molecule has 0 bridgehead atoms. The van der Waals surface area contributed by atoms with E-state index in [1.54, 1.807) is 20.1 Å². The molecule has 102 valence electrons. The lowest BCUT2D eigenvalue weighted by Gasteiger charge is -2.16. The van der Waals surface area contributed by atoms with Gasteiger partial charge >= 0.3 is 0 Å². The molecular weight excluding hydrogens is 231 g/mol. The Labute approximate surface area is 109 Å². The Morgan fingerprint density at radius 3 is 2.78 bits per heavy atom. The predicted molar refractivity (Wildman–Crippen MR) is 72.2 cm³/mol. The van der Waals surface area contributed by atoms with Gasteiger partial charge in [-0.1, -0.05) is 12.1 Å². The molecule has 0 spiro atoms. The van der Waals surface area contributed by atoms with Crippen LogP contribution in [0.3, 0.4) is 0 Å². The Hall–Kier alpha value is -0.970. The van der Waals surface area contributed by atoms with Crippen LogP contribution in [0.1, 0.15) is 11.1 Å². The fraction of sp³-hybridized carbons (Fsp3) is 0.571. The summed E-state index contributed by atoms with van der Waals surface area (Å²) in [4.78, 5) is 2.20. The van der Waals surface area contributed by atoms with E-state index >= 15 is 0 Å². The Kier molecular flexibility index (Phi) is 6.86. The van der Waals surface area contributed by atoms with Gasteiger partial charge in [-0.15, -0.1) is 0 Å². The largest absolute Gasteiger partial charge is 0.383 e. The predicted octanol–water partition coefficient (Wildman–Crippen LogP) is 1.80. The Morgan fingerprint density at radius 1 is 1.33 bits per heavy atom. The highest BCUT2D eigenvalue weighted by Crippen LogP contribution is 2.08. The summed E-state index contributed by atoms with van der Waals surface area (Å²) in [6.07, 6.45) is 0. The third kappa shape index (κ3) is 5.58. The van der Waals surface area contributed by atoms with Crippen molar-refractivity contribution in [3.63, 3.8) is 0 Å². The third-order valence-corrected chi connectivity index (χ3v) is 2.91. The fourth-order valence-electron chi connectivity index (χ4n) is 1.61. The van der Waals surface area contributed by atoms with Crippen LogP contribution < -0.4 is 5.32 Å². The molecule has 0 atom stereocenters. The number of nitrogens with zero attached hydrogens (tertiary/aromatic N) is 1. The Morgan fingerprint density at radius 2 is 2.11 bits per heavy atom. The maximum absolute atomic E-state index is 13.3. The third-order valence-electron chi connectivity index (χ3n) is 2.91. The van der Waals surface area contributed by atoms with E-state index in [-0.39, 0.29) is 5.82 Å². The summed E-state index contributed by atoms with van der Waals surface area (Å²) >= 11 is 0. The number of nitrogens with one attached hydrogen (secondary N) is 1. The molecule has 1 aromatic rings.